The van der Waals surface area contributed by atoms with E-state index in [4.69, 9.17) is 11.6 Å². The van der Waals surface area contributed by atoms with Crippen molar-refractivity contribution in [2.24, 2.45) is 7.05 Å². The number of nitrogens with zero attached hydrogens (tertiary/aromatic N) is 2. The number of anilines is 1. The Labute approximate surface area is 177 Å². The Morgan fingerprint density at radius 2 is 1.55 bits per heavy atom. The molecular weight excluding hydrogens is 408 g/mol. The quantitative estimate of drug-likeness (QED) is 0.463. The van der Waals surface area contributed by atoms with E-state index in [0.717, 1.165) is 0 Å². The minimum absolute atomic E-state index is 0.262. The third-order valence-corrected chi connectivity index (χ3v) is 5.15. The summed E-state index contributed by atoms with van der Waals surface area (Å²) in [5, 5.41) is 0.400. The van der Waals surface area contributed by atoms with Crippen LogP contribution in [0.15, 0.2) is 77.8 Å². The molecule has 3 rings (SSSR count). The summed E-state index contributed by atoms with van der Waals surface area (Å²) < 4.78 is 33.1. The van der Waals surface area contributed by atoms with Crippen LogP contribution in [-0.4, -0.2) is 27.1 Å². The lowest BCUT2D eigenvalue weighted by Crippen LogP contribution is -2.30. The zero-order chi connectivity index (χ0) is 21.4. The van der Waals surface area contributed by atoms with Crippen LogP contribution in [0.25, 0.3) is 12.2 Å². The zero-order valence-corrected chi connectivity index (χ0v) is 18.1. The molecule has 2 aromatic carbocycles. The molecule has 152 valence electrons. The molecule has 0 saturated heterocycles. The van der Waals surface area contributed by atoms with Crippen molar-refractivity contribution in [3.05, 3.63) is 89.2 Å². The maximum atomic E-state index is 10.3. The number of pyridine rings is 1. The number of aryl methyl sites for hydroxylation is 1. The summed E-state index contributed by atoms with van der Waals surface area (Å²) in [6, 6.07) is 19.8. The molecule has 0 spiro atoms. The maximum Gasteiger partial charge on any atom is 0.204 e. The first-order valence-electron chi connectivity index (χ1n) is 8.78. The molecule has 0 N–H and O–H groups in total. The fourth-order valence-electron chi connectivity index (χ4n) is 2.38. The number of halogens is 1. The molecule has 0 radical (unpaired) electrons. The lowest BCUT2D eigenvalue weighted by atomic mass is 10.1. The predicted molar refractivity (Wildman–Crippen MR) is 117 cm³/mol. The average molecular weight is 431 g/mol. The topological polar surface area (TPSA) is 64.3 Å². The first kappa shape index (κ1) is 22.6. The van der Waals surface area contributed by atoms with Gasteiger partial charge in [-0.1, -0.05) is 23.7 Å². The smallest absolute Gasteiger partial charge is 0.204 e. The number of rotatable bonds is 4. The molecule has 7 heteroatoms. The second kappa shape index (κ2) is 10.2. The molecule has 0 amide bonds. The molecule has 5 nitrogen and oxygen atoms in total. The van der Waals surface area contributed by atoms with E-state index in [-0.39, 0.29) is 4.90 Å². The van der Waals surface area contributed by atoms with Gasteiger partial charge < -0.3 is 9.45 Å². The van der Waals surface area contributed by atoms with Crippen LogP contribution in [-0.2, 0) is 17.2 Å². The molecule has 0 bridgehead atoms. The summed E-state index contributed by atoms with van der Waals surface area (Å²) in [6.45, 7) is 0. The van der Waals surface area contributed by atoms with Crippen molar-refractivity contribution < 1.29 is 17.5 Å². The normalized spacial score (nSPS) is 11.1. The lowest BCUT2D eigenvalue weighted by Gasteiger charge is -2.11. The highest BCUT2D eigenvalue weighted by molar-refractivity contribution is 7.85. The molecule has 0 fully saturated rings. The van der Waals surface area contributed by atoms with Crippen molar-refractivity contribution in [2.45, 2.75) is 4.90 Å². The van der Waals surface area contributed by atoms with E-state index in [1.807, 2.05) is 6.07 Å². The molecule has 0 unspecified atom stereocenters. The zero-order valence-electron chi connectivity index (χ0n) is 16.5. The Balaban J connectivity index is 0.000000234. The molecule has 3 aromatic rings. The van der Waals surface area contributed by atoms with E-state index < -0.39 is 10.1 Å². The Hall–Kier alpha value is -2.67. The number of hydrogen-bond acceptors (Lipinski definition) is 4. The predicted octanol–water partition coefficient (Wildman–Crippen LogP) is 3.99. The van der Waals surface area contributed by atoms with Gasteiger partial charge in [-0.3, -0.25) is 0 Å². The van der Waals surface area contributed by atoms with Gasteiger partial charge in [-0.2, -0.15) is 0 Å². The van der Waals surface area contributed by atoms with Crippen molar-refractivity contribution >= 4 is 39.6 Å². The van der Waals surface area contributed by atoms with Gasteiger partial charge in [0.1, 0.15) is 17.2 Å². The molecule has 0 saturated carbocycles. The second-order valence-corrected chi connectivity index (χ2v) is 8.28. The highest BCUT2D eigenvalue weighted by Crippen LogP contribution is 2.14. The van der Waals surface area contributed by atoms with Crippen LogP contribution in [0, 0.1) is 0 Å². The standard InChI is InChI=1S/C16H19N2.C6H5ClO3S/c1-17(2)15-10-7-14(8-11-15)9-12-16-6-4-5-13-18(16)3;7-5-1-3-6(4-2-5)11(8,9)10/h4-13H,1-3H3;1-4H,(H,8,9,10)/q+1;/p-1. The van der Waals surface area contributed by atoms with E-state index in [2.05, 4.69) is 85.4 Å². The monoisotopic (exact) mass is 430 g/mol. The molecule has 0 atom stereocenters. The lowest BCUT2D eigenvalue weighted by molar-refractivity contribution is -0.673. The fourth-order valence-corrected chi connectivity index (χ4v) is 2.97. The molecule has 1 heterocycles. The fraction of sp³-hybridized carbons (Fsp3) is 0.136. The Morgan fingerprint density at radius 1 is 0.931 bits per heavy atom. The number of hydrogen-bond donors (Lipinski definition) is 0. The second-order valence-electron chi connectivity index (χ2n) is 6.46. The highest BCUT2D eigenvalue weighted by Gasteiger charge is 2.00. The third-order valence-electron chi connectivity index (χ3n) is 4.05. The van der Waals surface area contributed by atoms with Crippen LogP contribution in [0.2, 0.25) is 5.02 Å². The van der Waals surface area contributed by atoms with E-state index in [1.165, 1.54) is 41.2 Å². The summed E-state index contributed by atoms with van der Waals surface area (Å²) in [4.78, 5) is 1.84. The molecular formula is C22H23ClN2O3S. The SMILES string of the molecule is CN(C)c1ccc(/C=C/c2cccc[n+]2C)cc1.O=S(=O)([O-])c1ccc(Cl)cc1. The van der Waals surface area contributed by atoms with E-state index in [0.29, 0.717) is 5.02 Å². The van der Waals surface area contributed by atoms with Gasteiger partial charge in [-0.15, -0.1) is 0 Å². The van der Waals surface area contributed by atoms with Crippen LogP contribution < -0.4 is 9.47 Å². The van der Waals surface area contributed by atoms with E-state index >= 15 is 0 Å². The van der Waals surface area contributed by atoms with Crippen molar-refractivity contribution in [2.75, 3.05) is 19.0 Å². The molecule has 0 aliphatic heterocycles. The molecule has 29 heavy (non-hydrogen) atoms. The summed E-state index contributed by atoms with van der Waals surface area (Å²) in [5.74, 6) is 0. The van der Waals surface area contributed by atoms with Crippen molar-refractivity contribution in [1.29, 1.82) is 0 Å². The van der Waals surface area contributed by atoms with Crippen LogP contribution in [0.4, 0.5) is 5.69 Å². The van der Waals surface area contributed by atoms with Crippen molar-refractivity contribution in [3.63, 3.8) is 0 Å². The Morgan fingerprint density at radius 3 is 2.07 bits per heavy atom. The molecule has 0 aliphatic rings. The van der Waals surface area contributed by atoms with Gasteiger partial charge in [-0.25, -0.2) is 13.0 Å². The van der Waals surface area contributed by atoms with Crippen LogP contribution in [0.1, 0.15) is 11.3 Å². The average Bonchev–Trinajstić information content (AvgIpc) is 2.68. The number of benzene rings is 2. The minimum atomic E-state index is -4.33. The summed E-state index contributed by atoms with van der Waals surface area (Å²) in [6.07, 6.45) is 6.31. The van der Waals surface area contributed by atoms with Gasteiger partial charge in [0.2, 0.25) is 5.69 Å². The Kier molecular flexibility index (Phi) is 7.96. The van der Waals surface area contributed by atoms with Gasteiger partial charge >= 0.3 is 0 Å². The van der Waals surface area contributed by atoms with Crippen LogP contribution >= 0.6 is 11.6 Å². The van der Waals surface area contributed by atoms with E-state index in [1.54, 1.807) is 0 Å². The van der Waals surface area contributed by atoms with Gasteiger partial charge in [0.05, 0.1) is 4.90 Å². The first-order chi connectivity index (χ1) is 13.7. The molecule has 0 aliphatic carbocycles. The van der Waals surface area contributed by atoms with Crippen molar-refractivity contribution in [3.8, 4) is 0 Å². The van der Waals surface area contributed by atoms with Gasteiger partial charge in [0, 0.05) is 43.0 Å². The highest BCUT2D eigenvalue weighted by atomic mass is 35.5. The van der Waals surface area contributed by atoms with Gasteiger partial charge in [0.25, 0.3) is 0 Å². The molecule has 1 aromatic heterocycles. The number of aromatic nitrogens is 1. The van der Waals surface area contributed by atoms with Gasteiger partial charge in [0.15, 0.2) is 6.20 Å². The Bertz CT molecular complexity index is 1060. The summed E-state index contributed by atoms with van der Waals surface area (Å²) >= 11 is 5.46. The maximum absolute atomic E-state index is 10.3. The van der Waals surface area contributed by atoms with Crippen molar-refractivity contribution in [1.82, 2.24) is 0 Å². The third kappa shape index (κ3) is 7.34. The van der Waals surface area contributed by atoms with Gasteiger partial charge in [-0.05, 0) is 54.1 Å². The first-order valence-corrected chi connectivity index (χ1v) is 10.6. The summed E-state index contributed by atoms with van der Waals surface area (Å²) in [5.41, 5.74) is 3.62. The minimum Gasteiger partial charge on any atom is -0.744 e. The van der Waals surface area contributed by atoms with E-state index in [9.17, 15) is 13.0 Å². The van der Waals surface area contributed by atoms with Crippen LogP contribution in [0.3, 0.4) is 0 Å². The largest absolute Gasteiger partial charge is 0.744 e. The van der Waals surface area contributed by atoms with Crippen LogP contribution in [0.5, 0.6) is 0 Å². The summed E-state index contributed by atoms with van der Waals surface area (Å²) in [7, 11) is 1.82.